The Labute approximate surface area is 73.1 Å². The predicted molar refractivity (Wildman–Crippen MR) is 47.5 cm³/mol. The van der Waals surface area contributed by atoms with E-state index in [2.05, 4.69) is 5.32 Å². The van der Waals surface area contributed by atoms with Gasteiger partial charge in [-0.25, -0.2) is 0 Å². The zero-order chi connectivity index (χ0) is 9.72. The largest absolute Gasteiger partial charge is 0.394 e. The van der Waals surface area contributed by atoms with E-state index in [0.717, 1.165) is 0 Å². The van der Waals surface area contributed by atoms with Crippen LogP contribution in [0.1, 0.15) is 20.8 Å². The molecule has 0 saturated heterocycles. The van der Waals surface area contributed by atoms with Gasteiger partial charge in [0.05, 0.1) is 12.6 Å². The first-order valence-corrected chi connectivity index (χ1v) is 4.15. The third kappa shape index (κ3) is 3.69. The fraction of sp³-hybridized carbons (Fsp3) is 0.875. The number of nitrogens with two attached hydrogens (primary N) is 1. The molecule has 72 valence electrons. The fourth-order valence-corrected chi connectivity index (χ4v) is 0.687. The van der Waals surface area contributed by atoms with E-state index in [1.807, 2.05) is 13.8 Å². The highest BCUT2D eigenvalue weighted by Gasteiger charge is 2.17. The summed E-state index contributed by atoms with van der Waals surface area (Å²) in [5.41, 5.74) is 5.57. The van der Waals surface area contributed by atoms with E-state index in [1.54, 1.807) is 6.92 Å². The van der Waals surface area contributed by atoms with Crippen molar-refractivity contribution in [2.45, 2.75) is 32.9 Å². The summed E-state index contributed by atoms with van der Waals surface area (Å²) < 4.78 is 0. The van der Waals surface area contributed by atoms with Crippen LogP contribution >= 0.6 is 0 Å². The number of aliphatic hydroxyl groups is 1. The molecular formula is C8H18N2O2. The molecule has 0 rings (SSSR count). The summed E-state index contributed by atoms with van der Waals surface area (Å²) in [4.78, 5) is 11.2. The van der Waals surface area contributed by atoms with E-state index in [4.69, 9.17) is 10.8 Å². The van der Waals surface area contributed by atoms with Crippen molar-refractivity contribution < 1.29 is 9.90 Å². The first kappa shape index (κ1) is 11.4. The third-order valence-corrected chi connectivity index (χ3v) is 1.68. The van der Waals surface area contributed by atoms with E-state index < -0.39 is 6.04 Å². The van der Waals surface area contributed by atoms with Gasteiger partial charge >= 0.3 is 0 Å². The molecule has 4 heteroatoms. The van der Waals surface area contributed by atoms with Crippen molar-refractivity contribution in [3.05, 3.63) is 0 Å². The number of carbonyl (C=O) groups is 1. The van der Waals surface area contributed by atoms with Crippen LogP contribution in [0, 0.1) is 5.92 Å². The molecule has 0 aromatic heterocycles. The molecule has 0 fully saturated rings. The highest BCUT2D eigenvalue weighted by molar-refractivity contribution is 5.81. The lowest BCUT2D eigenvalue weighted by Gasteiger charge is -2.18. The predicted octanol–water partition coefficient (Wildman–Crippen LogP) is -0.533. The van der Waals surface area contributed by atoms with Gasteiger partial charge in [-0.3, -0.25) is 4.79 Å². The van der Waals surface area contributed by atoms with E-state index in [1.165, 1.54) is 0 Å². The van der Waals surface area contributed by atoms with Gasteiger partial charge in [-0.2, -0.15) is 0 Å². The molecule has 2 atom stereocenters. The van der Waals surface area contributed by atoms with Gasteiger partial charge in [0.2, 0.25) is 5.91 Å². The Hall–Kier alpha value is -0.610. The van der Waals surface area contributed by atoms with Crippen molar-refractivity contribution in [3.8, 4) is 0 Å². The minimum Gasteiger partial charge on any atom is -0.394 e. The summed E-state index contributed by atoms with van der Waals surface area (Å²) in [6, 6.07) is -0.707. The monoisotopic (exact) mass is 174 g/mol. The van der Waals surface area contributed by atoms with E-state index in [-0.39, 0.29) is 24.5 Å². The SMILES string of the molecule is CC(C)C(N)C(=O)N[C@H](C)CO. The molecule has 1 amide bonds. The summed E-state index contributed by atoms with van der Waals surface area (Å²) >= 11 is 0. The molecule has 0 aromatic rings. The minimum absolute atomic E-state index is 0.0590. The number of aliphatic hydroxyl groups excluding tert-OH is 1. The molecule has 1 unspecified atom stereocenters. The average Bonchev–Trinajstić information content (AvgIpc) is 2.02. The van der Waals surface area contributed by atoms with Crippen LogP contribution in [0.4, 0.5) is 0 Å². The molecule has 4 N–H and O–H groups in total. The minimum atomic E-state index is -0.487. The van der Waals surface area contributed by atoms with Gasteiger partial charge in [-0.1, -0.05) is 13.8 Å². The topological polar surface area (TPSA) is 75.4 Å². The molecule has 0 spiro atoms. The summed E-state index contributed by atoms with van der Waals surface area (Å²) in [6.07, 6.45) is 0. The second kappa shape index (κ2) is 5.11. The third-order valence-electron chi connectivity index (χ3n) is 1.68. The van der Waals surface area contributed by atoms with Crippen LogP contribution < -0.4 is 11.1 Å². The standard InChI is InChI=1S/C8H18N2O2/c1-5(2)7(9)8(12)10-6(3)4-11/h5-7,11H,4,9H2,1-3H3,(H,10,12)/t6-,7?/m1/s1. The summed E-state index contributed by atoms with van der Waals surface area (Å²) in [6.45, 7) is 5.43. The van der Waals surface area contributed by atoms with E-state index >= 15 is 0 Å². The Balaban J connectivity index is 3.87. The molecule has 0 bridgehead atoms. The normalized spacial score (nSPS) is 15.8. The van der Waals surface area contributed by atoms with Crippen LogP contribution in [0.25, 0.3) is 0 Å². The highest BCUT2D eigenvalue weighted by Crippen LogP contribution is 1.98. The van der Waals surface area contributed by atoms with Crippen molar-refractivity contribution in [3.63, 3.8) is 0 Å². The quantitative estimate of drug-likeness (QED) is 0.536. The van der Waals surface area contributed by atoms with Crippen LogP contribution in [0.15, 0.2) is 0 Å². The van der Waals surface area contributed by atoms with Crippen LogP contribution in [-0.4, -0.2) is 29.7 Å². The van der Waals surface area contributed by atoms with Gasteiger partial charge < -0.3 is 16.2 Å². The first-order chi connectivity index (χ1) is 5.49. The van der Waals surface area contributed by atoms with Gasteiger partial charge in [0.15, 0.2) is 0 Å². The van der Waals surface area contributed by atoms with Gasteiger partial charge in [0.1, 0.15) is 0 Å². The molecule has 0 heterocycles. The van der Waals surface area contributed by atoms with Crippen LogP contribution in [0.5, 0.6) is 0 Å². The van der Waals surface area contributed by atoms with Crippen LogP contribution in [0.2, 0.25) is 0 Å². The summed E-state index contributed by atoms with van der Waals surface area (Å²) in [5.74, 6) is -0.0811. The van der Waals surface area contributed by atoms with Gasteiger partial charge in [-0.15, -0.1) is 0 Å². The first-order valence-electron chi connectivity index (χ1n) is 4.15. The van der Waals surface area contributed by atoms with Crippen molar-refractivity contribution in [1.29, 1.82) is 0 Å². The van der Waals surface area contributed by atoms with Gasteiger partial charge in [0.25, 0.3) is 0 Å². The number of rotatable bonds is 4. The number of amides is 1. The van der Waals surface area contributed by atoms with Gasteiger partial charge in [0, 0.05) is 6.04 Å². The highest BCUT2D eigenvalue weighted by atomic mass is 16.3. The number of hydrogen-bond acceptors (Lipinski definition) is 3. The molecule has 4 nitrogen and oxygen atoms in total. The lowest BCUT2D eigenvalue weighted by molar-refractivity contribution is -0.124. The lowest BCUT2D eigenvalue weighted by Crippen LogP contribution is -2.47. The van der Waals surface area contributed by atoms with Crippen molar-refractivity contribution in [2.75, 3.05) is 6.61 Å². The Morgan fingerprint density at radius 2 is 2.00 bits per heavy atom. The maximum atomic E-state index is 11.2. The van der Waals surface area contributed by atoms with Gasteiger partial charge in [-0.05, 0) is 12.8 Å². The molecule has 0 radical (unpaired) electrons. The Morgan fingerprint density at radius 3 is 2.33 bits per heavy atom. The zero-order valence-electron chi connectivity index (χ0n) is 7.87. The number of carbonyl (C=O) groups excluding carboxylic acids is 1. The van der Waals surface area contributed by atoms with Crippen molar-refractivity contribution in [1.82, 2.24) is 5.32 Å². The van der Waals surface area contributed by atoms with Crippen molar-refractivity contribution in [2.24, 2.45) is 11.7 Å². The van der Waals surface area contributed by atoms with Crippen molar-refractivity contribution >= 4 is 5.91 Å². The number of nitrogens with one attached hydrogen (secondary N) is 1. The Morgan fingerprint density at radius 1 is 1.50 bits per heavy atom. The van der Waals surface area contributed by atoms with E-state index in [9.17, 15) is 4.79 Å². The molecule has 0 aromatic carbocycles. The number of hydrogen-bond donors (Lipinski definition) is 3. The van der Waals surface area contributed by atoms with Crippen LogP contribution in [0.3, 0.4) is 0 Å². The molecule has 12 heavy (non-hydrogen) atoms. The van der Waals surface area contributed by atoms with Crippen LogP contribution in [-0.2, 0) is 4.79 Å². The molecule has 0 aliphatic heterocycles. The molecular weight excluding hydrogens is 156 g/mol. The zero-order valence-corrected chi connectivity index (χ0v) is 7.87. The summed E-state index contributed by atoms with van der Waals surface area (Å²) in [7, 11) is 0. The van der Waals surface area contributed by atoms with E-state index in [0.29, 0.717) is 0 Å². The lowest BCUT2D eigenvalue weighted by atomic mass is 10.0. The fourth-order valence-electron chi connectivity index (χ4n) is 0.687. The Bertz CT molecular complexity index is 148. The smallest absolute Gasteiger partial charge is 0.237 e. The molecule has 0 aliphatic carbocycles. The second-order valence-corrected chi connectivity index (χ2v) is 3.36. The second-order valence-electron chi connectivity index (χ2n) is 3.36. The average molecular weight is 174 g/mol. The molecule has 0 aliphatic rings. The maximum Gasteiger partial charge on any atom is 0.237 e. The Kier molecular flexibility index (Phi) is 4.85. The molecule has 0 saturated carbocycles. The summed E-state index contributed by atoms with van der Waals surface area (Å²) in [5, 5.41) is 11.2. The maximum absolute atomic E-state index is 11.2.